The van der Waals surface area contributed by atoms with Gasteiger partial charge in [-0.25, -0.2) is 0 Å². The van der Waals surface area contributed by atoms with Crippen LogP contribution in [0, 0.1) is 22.7 Å². The Hall–Kier alpha value is -13.6. The molecule has 6 heterocycles. The van der Waals surface area contributed by atoms with Gasteiger partial charge in [-0.2, -0.15) is 10.5 Å². The maximum absolute atomic E-state index is 13.7. The molecule has 0 radical (unpaired) electrons. The standard InChI is InChI=1S/C96H52N6S2/c97-53-78-90(100-82-36-15-9-29-67(82)68-30-10-16-37-83(68)100)92(102-85-52-59(77-50-57-21-2-3-23-60(57)63-25-5-6-26-64(63)77)43-45-70(85)74-47-49-76-72-32-12-18-39-87(72)104-96(76)94(74)102)79(54-98)89(99-80-34-13-7-27-65(80)66-28-8-14-35-81(66)99)91(78)101-84-51-58(62-33-19-22-56-41-40-55-20-1-4-24-61(55)88(56)62)42-44-69(84)73-46-48-75-71-31-11-17-38-86(71)103-95(75)93(73)101/h1-52H. The first-order chi connectivity index (χ1) is 51.6. The fraction of sp³-hybridized carbons (Fsp3) is 0. The first-order valence-electron chi connectivity index (χ1n) is 35.2. The van der Waals surface area contributed by atoms with Crippen LogP contribution in [0.1, 0.15) is 11.1 Å². The van der Waals surface area contributed by atoms with Gasteiger partial charge in [0, 0.05) is 74.0 Å². The van der Waals surface area contributed by atoms with E-state index in [-0.39, 0.29) is 0 Å². The zero-order chi connectivity index (χ0) is 68.2. The fourth-order valence-corrected chi connectivity index (χ4v) is 20.5. The average Bonchev–Trinajstić information content (AvgIpc) is 1.48. The number of nitrogens with zero attached hydrogens (tertiary/aromatic N) is 6. The van der Waals surface area contributed by atoms with Gasteiger partial charge in [-0.05, 0) is 120 Å². The van der Waals surface area contributed by atoms with Crippen molar-refractivity contribution >= 4 is 193 Å². The van der Waals surface area contributed by atoms with Gasteiger partial charge in [0.15, 0.2) is 0 Å². The van der Waals surface area contributed by atoms with E-state index in [4.69, 9.17) is 0 Å². The van der Waals surface area contributed by atoms with Gasteiger partial charge in [-0.1, -0.05) is 261 Å². The van der Waals surface area contributed by atoms with Crippen molar-refractivity contribution in [2.45, 2.75) is 0 Å². The third-order valence-corrected chi connectivity index (χ3v) is 24.8. The van der Waals surface area contributed by atoms with Crippen LogP contribution in [0.4, 0.5) is 0 Å². The van der Waals surface area contributed by atoms with E-state index >= 15 is 0 Å². The van der Waals surface area contributed by atoms with Crippen LogP contribution in [0.3, 0.4) is 0 Å². The second kappa shape index (κ2) is 21.5. The molecule has 0 spiro atoms. The topological polar surface area (TPSA) is 67.3 Å². The molecule has 8 heteroatoms. The van der Waals surface area contributed by atoms with E-state index in [2.05, 4.69) is 346 Å². The number of aromatic nitrogens is 4. The van der Waals surface area contributed by atoms with Gasteiger partial charge in [0.1, 0.15) is 23.3 Å². The van der Waals surface area contributed by atoms with Crippen LogP contribution in [0.25, 0.3) is 216 Å². The summed E-state index contributed by atoms with van der Waals surface area (Å²) < 4.78 is 14.0. The van der Waals surface area contributed by atoms with E-state index < -0.39 is 0 Å². The van der Waals surface area contributed by atoms with Gasteiger partial charge >= 0.3 is 0 Å². The highest BCUT2D eigenvalue weighted by molar-refractivity contribution is 7.27. The lowest BCUT2D eigenvalue weighted by Crippen LogP contribution is -2.16. The first-order valence-corrected chi connectivity index (χ1v) is 36.8. The molecular weight excluding hydrogens is 1300 g/mol. The van der Waals surface area contributed by atoms with Crippen molar-refractivity contribution in [1.82, 2.24) is 18.3 Å². The van der Waals surface area contributed by atoms with Crippen LogP contribution < -0.4 is 0 Å². The summed E-state index contributed by atoms with van der Waals surface area (Å²) in [6.07, 6.45) is 0. The molecule has 0 fully saturated rings. The SMILES string of the molecule is N#Cc1c(-n2c3ccccc3c3ccccc32)c(-n2c3cc(-c4cccc5ccc6ccccc6c45)ccc3c3ccc4c5ccccc5sc4c32)c(C#N)c(-n2c3ccccc3c3ccccc32)c1-n1c2cc(-c3cc4ccccc4c4ccccc34)ccc2c2ccc3c4ccccc4sc3c21. The summed E-state index contributed by atoms with van der Waals surface area (Å²) in [6.45, 7) is 0. The molecule has 0 aliphatic heterocycles. The Morgan fingerprint density at radius 2 is 0.596 bits per heavy atom. The molecule has 23 rings (SSSR count). The molecule has 6 nitrogen and oxygen atoms in total. The van der Waals surface area contributed by atoms with Crippen molar-refractivity contribution < 1.29 is 0 Å². The Morgan fingerprint density at radius 1 is 0.231 bits per heavy atom. The van der Waals surface area contributed by atoms with Crippen LogP contribution in [-0.2, 0) is 0 Å². The van der Waals surface area contributed by atoms with Gasteiger partial charge < -0.3 is 18.3 Å². The molecule has 17 aromatic carbocycles. The number of para-hydroxylation sites is 4. The summed E-state index contributed by atoms with van der Waals surface area (Å²) in [4.78, 5) is 0. The fourth-order valence-electron chi connectivity index (χ4n) is 18.1. The summed E-state index contributed by atoms with van der Waals surface area (Å²) in [5, 5.41) is 49.5. The van der Waals surface area contributed by atoms with E-state index in [1.165, 1.54) is 26.9 Å². The normalized spacial score (nSPS) is 12.2. The zero-order valence-electron chi connectivity index (χ0n) is 55.5. The lowest BCUT2D eigenvalue weighted by atomic mass is 9.93. The molecule has 0 N–H and O–H groups in total. The van der Waals surface area contributed by atoms with E-state index in [1.807, 2.05) is 0 Å². The predicted octanol–water partition coefficient (Wildman–Crippen LogP) is 26.5. The highest BCUT2D eigenvalue weighted by atomic mass is 32.1. The van der Waals surface area contributed by atoms with Gasteiger partial charge in [-0.15, -0.1) is 22.7 Å². The Bertz CT molecular complexity index is 7440. The summed E-state index contributed by atoms with van der Waals surface area (Å²) in [7, 11) is 0. The van der Waals surface area contributed by atoms with E-state index in [1.54, 1.807) is 22.7 Å². The molecule has 0 aliphatic carbocycles. The highest BCUT2D eigenvalue weighted by Crippen LogP contribution is 2.54. The average molecular weight is 1350 g/mol. The van der Waals surface area contributed by atoms with Gasteiger partial charge in [0.25, 0.3) is 0 Å². The van der Waals surface area contributed by atoms with Crippen molar-refractivity contribution in [3.8, 4) is 57.1 Å². The number of nitriles is 2. The van der Waals surface area contributed by atoms with Crippen molar-refractivity contribution in [3.63, 3.8) is 0 Å². The number of thiophene rings is 2. The molecule has 0 saturated heterocycles. The van der Waals surface area contributed by atoms with Crippen LogP contribution in [0.5, 0.6) is 0 Å². The largest absolute Gasteiger partial charge is 0.306 e. The summed E-state index contributed by atoms with van der Waals surface area (Å²) >= 11 is 3.56. The van der Waals surface area contributed by atoms with Gasteiger partial charge in [0.2, 0.25) is 0 Å². The minimum absolute atomic E-state index is 0.399. The van der Waals surface area contributed by atoms with Crippen molar-refractivity contribution in [1.29, 1.82) is 10.5 Å². The molecule has 0 bridgehead atoms. The van der Waals surface area contributed by atoms with E-state index in [9.17, 15) is 10.5 Å². The number of hydrogen-bond acceptors (Lipinski definition) is 4. The van der Waals surface area contributed by atoms with Crippen LogP contribution in [-0.4, -0.2) is 18.3 Å². The maximum atomic E-state index is 13.7. The monoisotopic (exact) mass is 1350 g/mol. The molecule has 6 aromatic heterocycles. The Labute approximate surface area is 601 Å². The smallest absolute Gasteiger partial charge is 0.104 e. The summed E-state index contributed by atoms with van der Waals surface area (Å²) in [6, 6.07) is 121. The van der Waals surface area contributed by atoms with Crippen molar-refractivity contribution in [3.05, 3.63) is 327 Å². The molecule has 0 saturated carbocycles. The van der Waals surface area contributed by atoms with Crippen LogP contribution >= 0.6 is 22.7 Å². The number of rotatable bonds is 6. The molecule has 0 amide bonds. The zero-order valence-corrected chi connectivity index (χ0v) is 57.2. The summed E-state index contributed by atoms with van der Waals surface area (Å²) in [5.74, 6) is 0. The molecule has 0 atom stereocenters. The van der Waals surface area contributed by atoms with Crippen LogP contribution in [0.2, 0.25) is 0 Å². The van der Waals surface area contributed by atoms with E-state index in [0.717, 1.165) is 166 Å². The molecule has 0 aliphatic rings. The quantitative estimate of drug-likeness (QED) is 0.156. The minimum Gasteiger partial charge on any atom is -0.306 e. The lowest BCUT2D eigenvalue weighted by Gasteiger charge is -2.27. The number of hydrogen-bond donors (Lipinski definition) is 0. The van der Waals surface area contributed by atoms with Gasteiger partial charge in [-0.3, -0.25) is 0 Å². The van der Waals surface area contributed by atoms with Crippen molar-refractivity contribution in [2.24, 2.45) is 0 Å². The molecule has 104 heavy (non-hydrogen) atoms. The third-order valence-electron chi connectivity index (χ3n) is 22.4. The Balaban J connectivity index is 0.989. The maximum Gasteiger partial charge on any atom is 0.104 e. The second-order valence-corrected chi connectivity index (χ2v) is 29.6. The predicted molar refractivity (Wildman–Crippen MR) is 440 cm³/mol. The Morgan fingerprint density at radius 3 is 1.11 bits per heavy atom. The summed E-state index contributed by atoms with van der Waals surface area (Å²) in [5.41, 5.74) is 14.8. The van der Waals surface area contributed by atoms with Crippen LogP contribution in [0.15, 0.2) is 315 Å². The number of benzene rings is 17. The number of fused-ring (bicyclic) bond motifs is 26. The molecule has 478 valence electrons. The lowest BCUT2D eigenvalue weighted by molar-refractivity contribution is 1.03. The highest BCUT2D eigenvalue weighted by Gasteiger charge is 2.36. The van der Waals surface area contributed by atoms with E-state index in [0.29, 0.717) is 33.9 Å². The molecule has 23 aromatic rings. The van der Waals surface area contributed by atoms with Gasteiger partial charge in [0.05, 0.1) is 76.3 Å². The Kier molecular flexibility index (Phi) is 11.8. The second-order valence-electron chi connectivity index (χ2n) is 27.5. The third kappa shape index (κ3) is 7.69. The van der Waals surface area contributed by atoms with Crippen molar-refractivity contribution in [2.75, 3.05) is 0 Å². The molecular formula is C96H52N6S2. The first kappa shape index (κ1) is 57.2. The molecule has 0 unspecified atom stereocenters. The minimum atomic E-state index is 0.399.